The van der Waals surface area contributed by atoms with Gasteiger partial charge in [-0.15, -0.1) is 0 Å². The standard InChI is InChI=1S/C20H17NO6/c1-2-11-4-3-5-13-17(11)20(18(22)21(13)19(23)24)10-27-14-9-16-15(8-12(14)20)25-6-7-26-16/h3-5,8-9H,2,6-7,10H2,1H3,(H,23,24). The molecule has 2 aromatic carbocycles. The fraction of sp³-hybridized carbons (Fsp3) is 0.300. The minimum Gasteiger partial charge on any atom is -0.491 e. The topological polar surface area (TPSA) is 85.3 Å². The molecule has 0 fully saturated rings. The van der Waals surface area contributed by atoms with Crippen LogP contribution in [-0.4, -0.2) is 36.9 Å². The number of carbonyl (C=O) groups is 2. The summed E-state index contributed by atoms with van der Waals surface area (Å²) in [4.78, 5) is 26.1. The molecular weight excluding hydrogens is 350 g/mol. The van der Waals surface area contributed by atoms with Gasteiger partial charge < -0.3 is 19.3 Å². The number of imide groups is 1. The van der Waals surface area contributed by atoms with Crippen molar-refractivity contribution in [3.8, 4) is 17.2 Å². The summed E-state index contributed by atoms with van der Waals surface area (Å²) in [6.45, 7) is 2.91. The highest BCUT2D eigenvalue weighted by atomic mass is 16.6. The van der Waals surface area contributed by atoms with Crippen molar-refractivity contribution in [2.24, 2.45) is 0 Å². The monoisotopic (exact) mass is 367 g/mol. The Labute approximate surface area is 155 Å². The third-order valence-corrected chi connectivity index (χ3v) is 5.49. The number of hydrogen-bond donors (Lipinski definition) is 1. The molecule has 0 radical (unpaired) electrons. The number of carboxylic acid groups (broad SMARTS) is 1. The van der Waals surface area contributed by atoms with Crippen LogP contribution in [0.15, 0.2) is 30.3 Å². The zero-order valence-corrected chi connectivity index (χ0v) is 14.7. The lowest BCUT2D eigenvalue weighted by atomic mass is 9.74. The van der Waals surface area contributed by atoms with Crippen molar-refractivity contribution >= 4 is 17.7 Å². The zero-order chi connectivity index (χ0) is 18.8. The highest BCUT2D eigenvalue weighted by Crippen LogP contribution is 2.55. The molecule has 0 saturated heterocycles. The van der Waals surface area contributed by atoms with Crippen molar-refractivity contribution in [2.75, 3.05) is 24.7 Å². The molecule has 0 bridgehead atoms. The van der Waals surface area contributed by atoms with Crippen LogP contribution in [0.1, 0.15) is 23.6 Å². The lowest BCUT2D eigenvalue weighted by Crippen LogP contribution is -2.44. The largest absolute Gasteiger partial charge is 0.491 e. The van der Waals surface area contributed by atoms with Crippen LogP contribution in [0.5, 0.6) is 17.2 Å². The van der Waals surface area contributed by atoms with Crippen LogP contribution in [0.3, 0.4) is 0 Å². The van der Waals surface area contributed by atoms with E-state index in [-0.39, 0.29) is 6.61 Å². The number of aryl methyl sites for hydroxylation is 1. The highest BCUT2D eigenvalue weighted by Gasteiger charge is 2.59. The molecule has 1 unspecified atom stereocenters. The second-order valence-corrected chi connectivity index (χ2v) is 6.77. The normalized spacial score (nSPS) is 21.8. The first-order valence-corrected chi connectivity index (χ1v) is 8.84. The van der Waals surface area contributed by atoms with Gasteiger partial charge in [-0.1, -0.05) is 19.1 Å². The number of benzene rings is 2. The maximum absolute atomic E-state index is 13.4. The molecule has 27 heavy (non-hydrogen) atoms. The fourth-order valence-corrected chi connectivity index (χ4v) is 4.33. The van der Waals surface area contributed by atoms with E-state index in [0.29, 0.717) is 53.7 Å². The molecule has 0 aliphatic carbocycles. The Kier molecular flexibility index (Phi) is 3.19. The van der Waals surface area contributed by atoms with Gasteiger partial charge in [0.25, 0.3) is 5.91 Å². The van der Waals surface area contributed by atoms with Gasteiger partial charge in [-0.3, -0.25) is 4.79 Å². The zero-order valence-electron chi connectivity index (χ0n) is 14.7. The summed E-state index contributed by atoms with van der Waals surface area (Å²) in [5, 5.41) is 9.70. The van der Waals surface area contributed by atoms with Crippen LogP contribution >= 0.6 is 0 Å². The molecule has 2 aromatic rings. The van der Waals surface area contributed by atoms with Gasteiger partial charge in [0.1, 0.15) is 31.0 Å². The molecule has 1 N–H and O–H groups in total. The van der Waals surface area contributed by atoms with Crippen LogP contribution < -0.4 is 19.1 Å². The number of rotatable bonds is 1. The predicted octanol–water partition coefficient (Wildman–Crippen LogP) is 2.72. The minimum absolute atomic E-state index is 0.0534. The van der Waals surface area contributed by atoms with Crippen molar-refractivity contribution in [1.82, 2.24) is 0 Å². The number of ether oxygens (including phenoxy) is 3. The number of amides is 2. The van der Waals surface area contributed by atoms with E-state index in [1.54, 1.807) is 24.3 Å². The first-order valence-electron chi connectivity index (χ1n) is 8.84. The van der Waals surface area contributed by atoms with E-state index in [0.717, 1.165) is 10.5 Å². The average Bonchev–Trinajstić information content (AvgIpc) is 3.17. The number of carbonyl (C=O) groups excluding carboxylic acids is 1. The Bertz CT molecular complexity index is 1000. The number of nitrogens with zero attached hydrogens (tertiary/aromatic N) is 1. The molecule has 1 spiro atoms. The smallest absolute Gasteiger partial charge is 0.418 e. The van der Waals surface area contributed by atoms with E-state index in [1.165, 1.54) is 0 Å². The fourth-order valence-electron chi connectivity index (χ4n) is 4.33. The predicted molar refractivity (Wildman–Crippen MR) is 95.0 cm³/mol. The van der Waals surface area contributed by atoms with Crippen LogP contribution in [0.25, 0.3) is 0 Å². The van der Waals surface area contributed by atoms with Crippen LogP contribution in [0, 0.1) is 0 Å². The van der Waals surface area contributed by atoms with Gasteiger partial charge in [-0.05, 0) is 24.1 Å². The Morgan fingerprint density at radius 1 is 1.15 bits per heavy atom. The van der Waals surface area contributed by atoms with Gasteiger partial charge in [0.15, 0.2) is 11.5 Å². The SMILES string of the molecule is CCc1cccc2c1C1(COc3cc4c(cc31)OCCO4)C(=O)N2C(=O)O. The van der Waals surface area contributed by atoms with Crippen LogP contribution in [0.2, 0.25) is 0 Å². The maximum Gasteiger partial charge on any atom is 0.418 e. The lowest BCUT2D eigenvalue weighted by molar-refractivity contribution is -0.121. The second-order valence-electron chi connectivity index (χ2n) is 6.77. The molecule has 3 aliphatic heterocycles. The second kappa shape index (κ2) is 5.39. The van der Waals surface area contributed by atoms with Gasteiger partial charge in [-0.25, -0.2) is 9.69 Å². The summed E-state index contributed by atoms with van der Waals surface area (Å²) in [5.74, 6) is 1.13. The van der Waals surface area contributed by atoms with Crippen molar-refractivity contribution in [3.63, 3.8) is 0 Å². The van der Waals surface area contributed by atoms with E-state index >= 15 is 0 Å². The summed E-state index contributed by atoms with van der Waals surface area (Å²) in [5.41, 5.74) is 1.47. The molecule has 2 amide bonds. The van der Waals surface area contributed by atoms with Crippen molar-refractivity contribution in [2.45, 2.75) is 18.8 Å². The van der Waals surface area contributed by atoms with Gasteiger partial charge >= 0.3 is 6.09 Å². The molecule has 0 aromatic heterocycles. The molecule has 138 valence electrons. The quantitative estimate of drug-likeness (QED) is 0.834. The minimum atomic E-state index is -1.29. The summed E-state index contributed by atoms with van der Waals surface area (Å²) >= 11 is 0. The highest BCUT2D eigenvalue weighted by molar-refractivity contribution is 6.23. The number of anilines is 1. The van der Waals surface area contributed by atoms with Crippen molar-refractivity contribution in [1.29, 1.82) is 0 Å². The van der Waals surface area contributed by atoms with Gasteiger partial charge in [0.2, 0.25) is 0 Å². The van der Waals surface area contributed by atoms with Crippen molar-refractivity contribution in [3.05, 3.63) is 47.0 Å². The van der Waals surface area contributed by atoms with E-state index < -0.39 is 17.4 Å². The molecule has 7 heteroatoms. The first kappa shape index (κ1) is 16.0. The Morgan fingerprint density at radius 3 is 2.59 bits per heavy atom. The molecule has 1 atom stereocenters. The molecule has 7 nitrogen and oxygen atoms in total. The van der Waals surface area contributed by atoms with Gasteiger partial charge in [0, 0.05) is 17.2 Å². The molecular formula is C20H17NO6. The summed E-state index contributed by atoms with van der Waals surface area (Å²) in [7, 11) is 0. The number of fused-ring (bicyclic) bond motifs is 5. The Morgan fingerprint density at radius 2 is 1.89 bits per heavy atom. The number of hydrogen-bond acceptors (Lipinski definition) is 5. The van der Waals surface area contributed by atoms with Crippen molar-refractivity contribution < 1.29 is 28.9 Å². The third-order valence-electron chi connectivity index (χ3n) is 5.49. The summed E-state index contributed by atoms with van der Waals surface area (Å²) in [6.07, 6.45) is -0.622. The lowest BCUT2D eigenvalue weighted by Gasteiger charge is -2.24. The summed E-state index contributed by atoms with van der Waals surface area (Å²) in [6, 6.07) is 8.86. The Balaban J connectivity index is 1.80. The summed E-state index contributed by atoms with van der Waals surface area (Å²) < 4.78 is 17.2. The molecule has 3 heterocycles. The van der Waals surface area contributed by atoms with E-state index in [9.17, 15) is 14.7 Å². The maximum atomic E-state index is 13.4. The van der Waals surface area contributed by atoms with Crippen LogP contribution in [-0.2, 0) is 16.6 Å². The molecule has 3 aliphatic rings. The average molecular weight is 367 g/mol. The van der Waals surface area contributed by atoms with E-state index in [2.05, 4.69) is 0 Å². The van der Waals surface area contributed by atoms with Gasteiger partial charge in [0.05, 0.1) is 5.69 Å². The molecule has 0 saturated carbocycles. The third kappa shape index (κ3) is 1.91. The van der Waals surface area contributed by atoms with E-state index in [1.807, 2.05) is 13.0 Å². The Hall–Kier alpha value is -3.22. The van der Waals surface area contributed by atoms with E-state index in [4.69, 9.17) is 14.2 Å². The first-order chi connectivity index (χ1) is 13.1. The van der Waals surface area contributed by atoms with Crippen LogP contribution in [0.4, 0.5) is 10.5 Å². The molecule has 5 rings (SSSR count). The van der Waals surface area contributed by atoms with Gasteiger partial charge in [-0.2, -0.15) is 0 Å².